The number of hydrogen-bond donors (Lipinski definition) is 0. The summed E-state index contributed by atoms with van der Waals surface area (Å²) >= 11 is 0. The molecule has 0 spiro atoms. The van der Waals surface area contributed by atoms with Crippen molar-refractivity contribution in [2.75, 3.05) is 13.2 Å². The highest BCUT2D eigenvalue weighted by molar-refractivity contribution is 5.73. The summed E-state index contributed by atoms with van der Waals surface area (Å²) in [5, 5.41) is 0. The van der Waals surface area contributed by atoms with Gasteiger partial charge in [0.2, 0.25) is 12.4 Å². The Bertz CT molecular complexity index is 2030. The topological polar surface area (TPSA) is 238 Å². The second kappa shape index (κ2) is 58.4. The van der Waals surface area contributed by atoms with Crippen LogP contribution < -0.4 is 0 Å². The molecule has 0 amide bonds. The van der Waals surface area contributed by atoms with Crippen molar-refractivity contribution >= 4 is 47.8 Å². The molecule has 0 aromatic rings. The average molecular weight is 1370 g/mol. The maximum absolute atomic E-state index is 14.6. The van der Waals surface area contributed by atoms with E-state index in [9.17, 15) is 38.4 Å². The minimum absolute atomic E-state index is 0.000176. The summed E-state index contributed by atoms with van der Waals surface area (Å²) < 4.78 is 70.6. The van der Waals surface area contributed by atoms with Gasteiger partial charge in [-0.05, 0) is 44.9 Å². The highest BCUT2D eigenvalue weighted by atomic mass is 16.8. The molecule has 558 valence electrons. The molecule has 0 N–H and O–H groups in total. The molecule has 0 bridgehead atoms. The Hall–Kier alpha value is -4.36. The SMILES string of the molecule is CCCCCCCCC(=O)OC[C@H]1O[C@@H](O[C@H]2[C@H](OC(=O)CCCCCCCC)[C@@H](OC(=O)CCCCCCCC)[C@H](OC(=O)CCCCCCCC)O[C@@H]2COC(=O)CCCCCCCC)[C@H](OC(=O)CCCCCCCC)[C@@H](OC(=O)CCCCCCCC)[C@@H]1OC(C)=O. The van der Waals surface area contributed by atoms with E-state index in [0.717, 1.165) is 225 Å². The Morgan fingerprint density at radius 1 is 0.240 bits per heavy atom. The van der Waals surface area contributed by atoms with Crippen LogP contribution in [0.1, 0.15) is 370 Å². The fourth-order valence-electron chi connectivity index (χ4n) is 12.3. The normalized spacial score (nSPS) is 20.8. The number of carbonyl (C=O) groups excluding carboxylic acids is 8. The number of hydrogen-bond acceptors (Lipinski definition) is 19. The summed E-state index contributed by atoms with van der Waals surface area (Å²) in [5.41, 5.74) is 0. The summed E-state index contributed by atoms with van der Waals surface area (Å²) in [6.07, 6.45) is 20.5. The lowest BCUT2D eigenvalue weighted by Crippen LogP contribution is -2.67. The lowest BCUT2D eigenvalue weighted by atomic mass is 9.95. The Morgan fingerprint density at radius 2 is 0.469 bits per heavy atom. The van der Waals surface area contributed by atoms with Crippen molar-refractivity contribution in [2.45, 2.75) is 431 Å². The molecule has 0 aromatic carbocycles. The van der Waals surface area contributed by atoms with Crippen LogP contribution in [0.4, 0.5) is 0 Å². The standard InChI is InChI=1S/C77H136O19/c1-9-16-23-30-37-44-51-63(79)86-58-61-70(88-60(8)78)72(91-65(81)53-46-39-32-25-18-11-3)75(94-68(84)56-49-42-35-28-21-14-6)77(90-61)96-71-62(59-87-64(80)52-45-38-31-24-17-10-2)89-76(95-69(85)57-50-43-36-29-22-15-7)74(93-67(83)55-48-41-34-27-20-13-5)73(71)92-66(82)54-47-40-33-26-19-12-4/h61-62,70-77H,9-59H2,1-8H3/t61-,62-,70-,71-,72+,73+,74-,75-,76+,77+/m1/s1. The summed E-state index contributed by atoms with van der Waals surface area (Å²) in [6, 6.07) is 0. The summed E-state index contributed by atoms with van der Waals surface area (Å²) in [4.78, 5) is 113. The van der Waals surface area contributed by atoms with Gasteiger partial charge in [-0.15, -0.1) is 0 Å². The zero-order chi connectivity index (χ0) is 70.2. The van der Waals surface area contributed by atoms with E-state index in [1.807, 2.05) is 0 Å². The molecule has 2 aliphatic rings. The number of rotatable bonds is 61. The summed E-state index contributed by atoms with van der Waals surface area (Å²) in [5.74, 6) is -5.36. The van der Waals surface area contributed by atoms with E-state index in [-0.39, 0.29) is 44.9 Å². The van der Waals surface area contributed by atoms with Gasteiger partial charge in [0.15, 0.2) is 30.7 Å². The predicted molar refractivity (Wildman–Crippen MR) is 371 cm³/mol. The van der Waals surface area contributed by atoms with Gasteiger partial charge < -0.3 is 52.1 Å². The zero-order valence-corrected chi connectivity index (χ0v) is 61.6. The molecule has 2 aliphatic heterocycles. The molecular formula is C77H136O19. The van der Waals surface area contributed by atoms with Crippen LogP contribution in [0, 0.1) is 0 Å². The molecule has 96 heavy (non-hydrogen) atoms. The quantitative estimate of drug-likeness (QED) is 0.0312. The molecule has 2 heterocycles. The minimum atomic E-state index is -1.85. The van der Waals surface area contributed by atoms with Gasteiger partial charge in [-0.1, -0.05) is 273 Å². The highest BCUT2D eigenvalue weighted by Crippen LogP contribution is 2.37. The maximum Gasteiger partial charge on any atom is 0.308 e. The van der Waals surface area contributed by atoms with Crippen molar-refractivity contribution in [3.63, 3.8) is 0 Å². The third-order valence-electron chi connectivity index (χ3n) is 18.1. The summed E-state index contributed by atoms with van der Waals surface area (Å²) in [7, 11) is 0. The van der Waals surface area contributed by atoms with Gasteiger partial charge in [0.1, 0.15) is 31.5 Å². The monoisotopic (exact) mass is 1360 g/mol. The Labute approximate surface area is 580 Å². The van der Waals surface area contributed by atoms with Gasteiger partial charge in [0, 0.05) is 51.9 Å². The van der Waals surface area contributed by atoms with Gasteiger partial charge in [0.05, 0.1) is 0 Å². The highest BCUT2D eigenvalue weighted by Gasteiger charge is 2.58. The first-order valence-electron chi connectivity index (χ1n) is 39.1. The number of esters is 8. The zero-order valence-electron chi connectivity index (χ0n) is 61.6. The molecule has 2 fully saturated rings. The molecule has 19 nitrogen and oxygen atoms in total. The minimum Gasteiger partial charge on any atom is -0.463 e. The number of carbonyl (C=O) groups is 8. The maximum atomic E-state index is 14.6. The van der Waals surface area contributed by atoms with Crippen molar-refractivity contribution < 1.29 is 90.5 Å². The van der Waals surface area contributed by atoms with E-state index in [1.54, 1.807) is 0 Å². The van der Waals surface area contributed by atoms with Gasteiger partial charge in [-0.3, -0.25) is 38.4 Å². The molecule has 0 saturated carbocycles. The molecule has 0 aliphatic carbocycles. The molecule has 10 atom stereocenters. The van der Waals surface area contributed by atoms with E-state index < -0.39 is 122 Å². The molecular weight excluding hydrogens is 1230 g/mol. The smallest absolute Gasteiger partial charge is 0.308 e. The fraction of sp³-hybridized carbons (Fsp3) is 0.896. The molecule has 0 aromatic heterocycles. The van der Waals surface area contributed by atoms with E-state index in [2.05, 4.69) is 48.5 Å². The van der Waals surface area contributed by atoms with E-state index >= 15 is 0 Å². The Kier molecular flexibility index (Phi) is 53.4. The molecule has 2 rings (SSSR count). The van der Waals surface area contributed by atoms with Gasteiger partial charge >= 0.3 is 47.8 Å². The first kappa shape index (κ1) is 87.7. The van der Waals surface area contributed by atoms with Gasteiger partial charge in [-0.2, -0.15) is 0 Å². The Balaban J connectivity index is 3.06. The third kappa shape index (κ3) is 41.9. The van der Waals surface area contributed by atoms with Crippen molar-refractivity contribution in [3.8, 4) is 0 Å². The van der Waals surface area contributed by atoms with Crippen LogP contribution in [0.5, 0.6) is 0 Å². The van der Waals surface area contributed by atoms with Crippen LogP contribution >= 0.6 is 0 Å². The van der Waals surface area contributed by atoms with E-state index in [0.29, 0.717) is 44.9 Å². The van der Waals surface area contributed by atoms with E-state index in [1.165, 1.54) is 6.92 Å². The van der Waals surface area contributed by atoms with Crippen molar-refractivity contribution in [1.82, 2.24) is 0 Å². The lowest BCUT2D eigenvalue weighted by Gasteiger charge is -2.48. The Morgan fingerprint density at radius 3 is 0.771 bits per heavy atom. The van der Waals surface area contributed by atoms with Crippen LogP contribution in [0.25, 0.3) is 0 Å². The fourth-order valence-corrected chi connectivity index (χ4v) is 12.3. The number of ether oxygens (including phenoxy) is 11. The predicted octanol–water partition coefficient (Wildman–Crippen LogP) is 18.3. The third-order valence-corrected chi connectivity index (χ3v) is 18.1. The van der Waals surface area contributed by atoms with Gasteiger partial charge in [-0.25, -0.2) is 0 Å². The van der Waals surface area contributed by atoms with Crippen LogP contribution in [-0.2, 0) is 90.5 Å². The second-order valence-electron chi connectivity index (χ2n) is 27.1. The van der Waals surface area contributed by atoms with Crippen LogP contribution in [0.2, 0.25) is 0 Å². The average Bonchev–Trinajstić information content (AvgIpc) is 0.771. The molecule has 0 radical (unpaired) electrons. The lowest BCUT2D eigenvalue weighted by molar-refractivity contribution is -0.358. The van der Waals surface area contributed by atoms with Crippen LogP contribution in [0.15, 0.2) is 0 Å². The van der Waals surface area contributed by atoms with Gasteiger partial charge in [0.25, 0.3) is 0 Å². The first-order valence-corrected chi connectivity index (χ1v) is 39.1. The molecule has 0 unspecified atom stereocenters. The second-order valence-corrected chi connectivity index (χ2v) is 27.1. The van der Waals surface area contributed by atoms with Crippen LogP contribution in [0.3, 0.4) is 0 Å². The number of unbranched alkanes of at least 4 members (excludes halogenated alkanes) is 35. The van der Waals surface area contributed by atoms with Crippen LogP contribution in [-0.4, -0.2) is 122 Å². The molecule has 2 saturated heterocycles. The van der Waals surface area contributed by atoms with E-state index in [4.69, 9.17) is 52.1 Å². The van der Waals surface area contributed by atoms with Crippen molar-refractivity contribution in [3.05, 3.63) is 0 Å². The van der Waals surface area contributed by atoms with Crippen molar-refractivity contribution in [2.24, 2.45) is 0 Å². The first-order chi connectivity index (χ1) is 46.7. The molecule has 19 heteroatoms. The largest absolute Gasteiger partial charge is 0.463 e. The summed E-state index contributed by atoms with van der Waals surface area (Å²) in [6.45, 7) is 15.0. The van der Waals surface area contributed by atoms with Crippen molar-refractivity contribution in [1.29, 1.82) is 0 Å².